The molecular weight excluding hydrogens is 418 g/mol. The second-order valence-corrected chi connectivity index (χ2v) is 8.25. The minimum absolute atomic E-state index is 0.0658. The predicted molar refractivity (Wildman–Crippen MR) is 117 cm³/mol. The van der Waals surface area contributed by atoms with E-state index in [4.69, 9.17) is 25.8 Å². The van der Waals surface area contributed by atoms with Crippen LogP contribution < -0.4 is 19.5 Å². The normalized spacial score (nSPS) is 23.1. The van der Waals surface area contributed by atoms with Gasteiger partial charge in [0.05, 0.1) is 19.9 Å². The zero-order valence-electron chi connectivity index (χ0n) is 17.8. The van der Waals surface area contributed by atoms with Crippen molar-refractivity contribution in [2.24, 2.45) is 5.92 Å². The number of fused-ring (bicyclic) bond motifs is 1. The van der Waals surface area contributed by atoms with Crippen molar-refractivity contribution in [1.29, 1.82) is 0 Å². The molecule has 0 aromatic heterocycles. The van der Waals surface area contributed by atoms with Gasteiger partial charge in [-0.05, 0) is 12.5 Å². The van der Waals surface area contributed by atoms with E-state index in [9.17, 15) is 9.59 Å². The molecule has 2 aromatic carbocycles. The Kier molecular flexibility index (Phi) is 5.43. The fourth-order valence-electron chi connectivity index (χ4n) is 4.35. The minimum atomic E-state index is -1.40. The summed E-state index contributed by atoms with van der Waals surface area (Å²) in [7, 11) is 2.96. The molecule has 1 spiro atoms. The first-order valence-corrected chi connectivity index (χ1v) is 10.5. The van der Waals surface area contributed by atoms with Crippen molar-refractivity contribution in [3.05, 3.63) is 64.3 Å². The Balaban J connectivity index is 1.83. The molecule has 0 radical (unpaired) electrons. The number of Topliss-reactive ketones (excluding diaryl/α,β-unsaturated/α-hetero) is 1. The van der Waals surface area contributed by atoms with Crippen LogP contribution in [0.5, 0.6) is 17.2 Å². The number of benzene rings is 2. The van der Waals surface area contributed by atoms with Crippen LogP contribution in [0.3, 0.4) is 0 Å². The lowest BCUT2D eigenvalue weighted by Gasteiger charge is -2.39. The highest BCUT2D eigenvalue weighted by molar-refractivity contribution is 6.35. The Morgan fingerprint density at radius 1 is 1.16 bits per heavy atom. The van der Waals surface area contributed by atoms with E-state index in [-0.39, 0.29) is 40.4 Å². The van der Waals surface area contributed by atoms with E-state index in [1.807, 2.05) is 44.2 Å². The molecule has 2 aliphatic rings. The van der Waals surface area contributed by atoms with E-state index < -0.39 is 11.5 Å². The first-order chi connectivity index (χ1) is 14.8. The summed E-state index contributed by atoms with van der Waals surface area (Å²) < 4.78 is 17.1. The lowest BCUT2D eigenvalue weighted by atomic mass is 9.74. The molecule has 1 heterocycles. The zero-order chi connectivity index (χ0) is 22.3. The van der Waals surface area contributed by atoms with Gasteiger partial charge in [-0.2, -0.15) is 0 Å². The maximum absolute atomic E-state index is 13.9. The third-order valence-electron chi connectivity index (χ3n) is 6.00. The van der Waals surface area contributed by atoms with Crippen molar-refractivity contribution in [1.82, 2.24) is 5.32 Å². The van der Waals surface area contributed by atoms with Gasteiger partial charge in [-0.3, -0.25) is 9.59 Å². The zero-order valence-corrected chi connectivity index (χ0v) is 18.6. The first-order valence-electron chi connectivity index (χ1n) is 10.1. The van der Waals surface area contributed by atoms with Crippen LogP contribution in [-0.2, 0) is 4.79 Å². The smallest absolute Gasteiger partial charge is 0.220 e. The van der Waals surface area contributed by atoms with Crippen LogP contribution in [0.4, 0.5) is 0 Å². The van der Waals surface area contributed by atoms with Gasteiger partial charge < -0.3 is 19.5 Å². The third-order valence-corrected chi connectivity index (χ3v) is 6.35. The van der Waals surface area contributed by atoms with Gasteiger partial charge in [-0.15, -0.1) is 0 Å². The van der Waals surface area contributed by atoms with Crippen LogP contribution in [0.2, 0.25) is 5.02 Å². The lowest BCUT2D eigenvalue weighted by molar-refractivity contribution is -0.117. The van der Waals surface area contributed by atoms with Crippen LogP contribution in [0.1, 0.15) is 42.2 Å². The maximum Gasteiger partial charge on any atom is 0.220 e. The van der Waals surface area contributed by atoms with Crippen molar-refractivity contribution in [2.75, 3.05) is 14.2 Å². The number of hydrogen-bond acceptors (Lipinski definition) is 6. The van der Waals surface area contributed by atoms with Gasteiger partial charge in [-0.1, -0.05) is 48.9 Å². The number of halogens is 1. The van der Waals surface area contributed by atoms with Gasteiger partial charge in [-0.25, -0.2) is 0 Å². The van der Waals surface area contributed by atoms with E-state index in [1.165, 1.54) is 20.3 Å². The van der Waals surface area contributed by atoms with E-state index in [0.717, 1.165) is 5.56 Å². The monoisotopic (exact) mass is 441 g/mol. The second kappa shape index (κ2) is 7.93. The Morgan fingerprint density at radius 3 is 2.48 bits per heavy atom. The molecule has 6 nitrogen and oxygen atoms in total. The summed E-state index contributed by atoms with van der Waals surface area (Å²) >= 11 is 6.51. The molecule has 162 valence electrons. The van der Waals surface area contributed by atoms with Crippen molar-refractivity contribution in [2.45, 2.75) is 31.9 Å². The minimum Gasteiger partial charge on any atom is -0.496 e. The number of ketones is 2. The second-order valence-electron chi connectivity index (χ2n) is 7.87. The van der Waals surface area contributed by atoms with E-state index in [0.29, 0.717) is 17.2 Å². The molecule has 2 aromatic rings. The summed E-state index contributed by atoms with van der Waals surface area (Å²) in [5.41, 5.74) is 0.299. The maximum atomic E-state index is 13.9. The van der Waals surface area contributed by atoms with Crippen LogP contribution >= 0.6 is 11.6 Å². The van der Waals surface area contributed by atoms with Crippen LogP contribution in [0.25, 0.3) is 0 Å². The summed E-state index contributed by atoms with van der Waals surface area (Å²) in [5, 5.41) is 3.56. The van der Waals surface area contributed by atoms with Crippen molar-refractivity contribution < 1.29 is 23.8 Å². The average Bonchev–Trinajstić information content (AvgIpc) is 3.08. The Labute approximate surface area is 186 Å². The molecule has 1 aliphatic carbocycles. The van der Waals surface area contributed by atoms with Crippen molar-refractivity contribution in [3.63, 3.8) is 0 Å². The molecule has 4 rings (SSSR count). The third kappa shape index (κ3) is 3.26. The van der Waals surface area contributed by atoms with Gasteiger partial charge >= 0.3 is 0 Å². The highest BCUT2D eigenvalue weighted by atomic mass is 35.5. The fraction of sp³-hybridized carbons (Fsp3) is 0.333. The number of carbonyl (C=O) groups excluding carboxylic acids is 2. The fourth-order valence-corrected chi connectivity index (χ4v) is 4.61. The van der Waals surface area contributed by atoms with Crippen molar-refractivity contribution >= 4 is 23.2 Å². The topological polar surface area (TPSA) is 73.9 Å². The van der Waals surface area contributed by atoms with Gasteiger partial charge in [0, 0.05) is 30.5 Å². The van der Waals surface area contributed by atoms with Crippen LogP contribution in [-0.4, -0.2) is 31.4 Å². The molecular formula is C24H24ClNO5. The van der Waals surface area contributed by atoms with Crippen LogP contribution in [0, 0.1) is 5.92 Å². The number of allylic oxidation sites excluding steroid dienone is 1. The first kappa shape index (κ1) is 21.2. The summed E-state index contributed by atoms with van der Waals surface area (Å²) in [6.07, 6.45) is 1.66. The summed E-state index contributed by atoms with van der Waals surface area (Å²) in [5.74, 6) is 0.105. The molecule has 1 aliphatic heterocycles. The summed E-state index contributed by atoms with van der Waals surface area (Å²) in [6, 6.07) is 11.2. The summed E-state index contributed by atoms with van der Waals surface area (Å²) in [4.78, 5) is 26.3. The van der Waals surface area contributed by atoms with Crippen LogP contribution in [0.15, 0.2) is 48.2 Å². The SMILES string of the molecule is COc1cc(OC)c2c(c1Cl)O[C@]1(C2=O)C(N[C@@H](C)c2ccccc2)=CC(=O)C[C@H]1C. The van der Waals surface area contributed by atoms with Gasteiger partial charge in [0.1, 0.15) is 22.1 Å². The average molecular weight is 442 g/mol. The number of methoxy groups -OCH3 is 2. The molecule has 7 heteroatoms. The number of hydrogen-bond donors (Lipinski definition) is 1. The number of rotatable bonds is 5. The molecule has 3 atom stereocenters. The number of ether oxygens (including phenoxy) is 3. The van der Waals surface area contributed by atoms with Gasteiger partial charge in [0.25, 0.3) is 0 Å². The molecule has 0 fully saturated rings. The molecule has 0 amide bonds. The van der Waals surface area contributed by atoms with E-state index >= 15 is 0 Å². The standard InChI is InChI=1S/C24H24ClNO5/c1-13-10-16(27)11-19(26-14(2)15-8-6-5-7-9-15)24(13)23(28)20-17(29-3)12-18(30-4)21(25)22(20)31-24/h5-9,11-14,26H,10H2,1-4H3/t13-,14+,24+/m1/s1. The van der Waals surface area contributed by atoms with Gasteiger partial charge in [0.2, 0.25) is 11.4 Å². The molecule has 31 heavy (non-hydrogen) atoms. The highest BCUT2D eigenvalue weighted by Crippen LogP contribution is 2.54. The molecule has 1 N–H and O–H groups in total. The lowest BCUT2D eigenvalue weighted by Crippen LogP contribution is -2.55. The van der Waals surface area contributed by atoms with E-state index in [2.05, 4.69) is 5.32 Å². The quantitative estimate of drug-likeness (QED) is 0.735. The highest BCUT2D eigenvalue weighted by Gasteiger charge is 2.59. The predicted octanol–water partition coefficient (Wildman–Crippen LogP) is 4.51. The van der Waals surface area contributed by atoms with E-state index in [1.54, 1.807) is 6.07 Å². The molecule has 0 bridgehead atoms. The van der Waals surface area contributed by atoms with Crippen molar-refractivity contribution in [3.8, 4) is 17.2 Å². The number of carbonyl (C=O) groups is 2. The Hall–Kier alpha value is -2.99. The molecule has 0 saturated heterocycles. The Morgan fingerprint density at radius 2 is 1.84 bits per heavy atom. The number of nitrogens with one attached hydrogen (secondary N) is 1. The van der Waals surface area contributed by atoms with Gasteiger partial charge in [0.15, 0.2) is 11.5 Å². The Bertz CT molecular complexity index is 1080. The molecule has 0 unspecified atom stereocenters. The largest absolute Gasteiger partial charge is 0.496 e. The molecule has 0 saturated carbocycles. The summed E-state index contributed by atoms with van der Waals surface area (Å²) in [6.45, 7) is 3.80.